The molecular weight excluding hydrogens is 316 g/mol. The van der Waals surface area contributed by atoms with E-state index < -0.39 is 0 Å². The molecule has 138 valence electrons. The SMILES string of the molecule is CCOc1ccc(N2CCN(C(C)=O)[C@@H](C)C2)cc1OC1CCCC1. The highest BCUT2D eigenvalue weighted by Gasteiger charge is 2.26. The number of anilines is 1. The molecule has 1 aromatic carbocycles. The summed E-state index contributed by atoms with van der Waals surface area (Å²) in [7, 11) is 0. The quantitative estimate of drug-likeness (QED) is 0.819. The van der Waals surface area contributed by atoms with Crippen LogP contribution in [0.4, 0.5) is 5.69 Å². The van der Waals surface area contributed by atoms with Crippen molar-refractivity contribution in [2.75, 3.05) is 31.1 Å². The normalized spacial score (nSPS) is 21.5. The largest absolute Gasteiger partial charge is 0.490 e. The Bertz CT molecular complexity index is 599. The van der Waals surface area contributed by atoms with E-state index in [9.17, 15) is 4.79 Å². The standard InChI is InChI=1S/C20H30N2O3/c1-4-24-19-10-9-17(13-20(19)25-18-7-5-6-8-18)21-11-12-22(16(3)23)15(2)14-21/h9-10,13,15,18H,4-8,11-12,14H2,1-3H3/t15-/m0/s1. The van der Waals surface area contributed by atoms with E-state index in [1.807, 2.05) is 17.9 Å². The van der Waals surface area contributed by atoms with Crippen LogP contribution in [0.5, 0.6) is 11.5 Å². The molecule has 0 N–H and O–H groups in total. The van der Waals surface area contributed by atoms with E-state index in [4.69, 9.17) is 9.47 Å². The van der Waals surface area contributed by atoms with Gasteiger partial charge in [-0.25, -0.2) is 0 Å². The van der Waals surface area contributed by atoms with Crippen molar-refractivity contribution in [1.29, 1.82) is 0 Å². The van der Waals surface area contributed by atoms with E-state index in [0.717, 1.165) is 49.7 Å². The van der Waals surface area contributed by atoms with Gasteiger partial charge in [0.25, 0.3) is 0 Å². The number of amides is 1. The van der Waals surface area contributed by atoms with Crippen molar-refractivity contribution in [2.24, 2.45) is 0 Å². The number of nitrogens with zero attached hydrogens (tertiary/aromatic N) is 2. The van der Waals surface area contributed by atoms with Gasteiger partial charge in [-0.05, 0) is 51.7 Å². The summed E-state index contributed by atoms with van der Waals surface area (Å²) in [5.74, 6) is 1.84. The van der Waals surface area contributed by atoms with Crippen LogP contribution >= 0.6 is 0 Å². The smallest absolute Gasteiger partial charge is 0.219 e. The number of carbonyl (C=O) groups is 1. The molecule has 1 saturated heterocycles. The number of ether oxygens (including phenoxy) is 2. The molecule has 0 radical (unpaired) electrons. The van der Waals surface area contributed by atoms with Gasteiger partial charge in [-0.2, -0.15) is 0 Å². The second kappa shape index (κ2) is 7.98. The zero-order chi connectivity index (χ0) is 17.8. The Kier molecular flexibility index (Phi) is 5.71. The minimum Gasteiger partial charge on any atom is -0.490 e. The van der Waals surface area contributed by atoms with Gasteiger partial charge in [-0.15, -0.1) is 0 Å². The van der Waals surface area contributed by atoms with Crippen molar-refractivity contribution in [3.8, 4) is 11.5 Å². The second-order valence-corrected chi connectivity index (χ2v) is 7.10. The maximum Gasteiger partial charge on any atom is 0.219 e. The zero-order valence-corrected chi connectivity index (χ0v) is 15.7. The Morgan fingerprint density at radius 1 is 1.20 bits per heavy atom. The molecule has 25 heavy (non-hydrogen) atoms. The van der Waals surface area contributed by atoms with Crippen LogP contribution in [0.15, 0.2) is 18.2 Å². The van der Waals surface area contributed by atoms with Crippen LogP contribution in [-0.4, -0.2) is 49.2 Å². The van der Waals surface area contributed by atoms with Crippen molar-refractivity contribution in [3.05, 3.63) is 18.2 Å². The summed E-state index contributed by atoms with van der Waals surface area (Å²) in [6.07, 6.45) is 5.06. The van der Waals surface area contributed by atoms with Crippen molar-refractivity contribution < 1.29 is 14.3 Å². The molecule has 1 aliphatic heterocycles. The fourth-order valence-electron chi connectivity index (χ4n) is 3.91. The molecule has 1 aliphatic carbocycles. The summed E-state index contributed by atoms with van der Waals surface area (Å²) in [5.41, 5.74) is 1.14. The van der Waals surface area contributed by atoms with E-state index in [1.54, 1.807) is 6.92 Å². The fraction of sp³-hybridized carbons (Fsp3) is 0.650. The predicted octanol–water partition coefficient (Wildman–Crippen LogP) is 3.46. The van der Waals surface area contributed by atoms with Crippen molar-refractivity contribution in [2.45, 2.75) is 58.6 Å². The number of hydrogen-bond acceptors (Lipinski definition) is 4. The van der Waals surface area contributed by atoms with Crippen molar-refractivity contribution >= 4 is 11.6 Å². The predicted molar refractivity (Wildman–Crippen MR) is 99.6 cm³/mol. The van der Waals surface area contributed by atoms with Gasteiger partial charge in [0.2, 0.25) is 5.91 Å². The van der Waals surface area contributed by atoms with Gasteiger partial charge in [0.15, 0.2) is 11.5 Å². The average Bonchev–Trinajstić information content (AvgIpc) is 3.09. The molecule has 1 saturated carbocycles. The molecular formula is C20H30N2O3. The third-order valence-electron chi connectivity index (χ3n) is 5.22. The maximum atomic E-state index is 11.7. The molecule has 0 aromatic heterocycles. The highest BCUT2D eigenvalue weighted by Crippen LogP contribution is 2.35. The number of carbonyl (C=O) groups excluding carboxylic acids is 1. The number of benzene rings is 1. The van der Waals surface area contributed by atoms with Crippen LogP contribution < -0.4 is 14.4 Å². The highest BCUT2D eigenvalue weighted by atomic mass is 16.5. The van der Waals surface area contributed by atoms with Gasteiger partial charge < -0.3 is 19.3 Å². The van der Waals surface area contributed by atoms with Gasteiger partial charge in [0.1, 0.15) is 0 Å². The lowest BCUT2D eigenvalue weighted by atomic mass is 10.1. The summed E-state index contributed by atoms with van der Waals surface area (Å²) < 4.78 is 12.0. The average molecular weight is 346 g/mol. The summed E-state index contributed by atoms with van der Waals surface area (Å²) in [4.78, 5) is 16.0. The Labute approximate surface area is 150 Å². The van der Waals surface area contributed by atoms with Crippen molar-refractivity contribution in [1.82, 2.24) is 4.90 Å². The van der Waals surface area contributed by atoms with Crippen LogP contribution in [-0.2, 0) is 4.79 Å². The fourth-order valence-corrected chi connectivity index (χ4v) is 3.91. The Balaban J connectivity index is 1.76. The molecule has 5 heteroatoms. The molecule has 0 unspecified atom stereocenters. The first-order valence-electron chi connectivity index (χ1n) is 9.54. The molecule has 1 amide bonds. The molecule has 2 aliphatic rings. The molecule has 2 fully saturated rings. The zero-order valence-electron chi connectivity index (χ0n) is 15.7. The van der Waals surface area contributed by atoms with E-state index >= 15 is 0 Å². The van der Waals surface area contributed by atoms with Crippen LogP contribution in [0.25, 0.3) is 0 Å². The Morgan fingerprint density at radius 3 is 2.60 bits per heavy atom. The number of piperazine rings is 1. The first kappa shape index (κ1) is 17.9. The molecule has 0 bridgehead atoms. The molecule has 1 heterocycles. The third-order valence-corrected chi connectivity index (χ3v) is 5.22. The van der Waals surface area contributed by atoms with E-state index in [-0.39, 0.29) is 11.9 Å². The summed E-state index contributed by atoms with van der Waals surface area (Å²) in [5, 5.41) is 0. The van der Waals surface area contributed by atoms with Crippen LogP contribution in [0.3, 0.4) is 0 Å². The number of hydrogen-bond donors (Lipinski definition) is 0. The van der Waals surface area contributed by atoms with E-state index in [1.165, 1.54) is 12.8 Å². The lowest BCUT2D eigenvalue weighted by Gasteiger charge is -2.40. The van der Waals surface area contributed by atoms with E-state index in [2.05, 4.69) is 24.0 Å². The molecule has 5 nitrogen and oxygen atoms in total. The molecule has 1 aromatic rings. The van der Waals surface area contributed by atoms with Gasteiger partial charge in [-0.3, -0.25) is 4.79 Å². The first-order valence-corrected chi connectivity index (χ1v) is 9.54. The maximum absolute atomic E-state index is 11.7. The van der Waals surface area contributed by atoms with Gasteiger partial charge in [-0.1, -0.05) is 0 Å². The van der Waals surface area contributed by atoms with Gasteiger partial charge in [0.05, 0.1) is 12.7 Å². The Hall–Kier alpha value is -1.91. The lowest BCUT2D eigenvalue weighted by Crippen LogP contribution is -2.53. The van der Waals surface area contributed by atoms with Gasteiger partial charge in [0, 0.05) is 44.4 Å². The molecule has 1 atom stereocenters. The van der Waals surface area contributed by atoms with Gasteiger partial charge >= 0.3 is 0 Å². The monoisotopic (exact) mass is 346 g/mol. The van der Waals surface area contributed by atoms with E-state index in [0.29, 0.717) is 12.7 Å². The lowest BCUT2D eigenvalue weighted by molar-refractivity contribution is -0.131. The van der Waals surface area contributed by atoms with Crippen LogP contribution in [0.1, 0.15) is 46.5 Å². The summed E-state index contributed by atoms with van der Waals surface area (Å²) in [6, 6.07) is 6.45. The third kappa shape index (κ3) is 4.20. The van der Waals surface area contributed by atoms with Crippen LogP contribution in [0.2, 0.25) is 0 Å². The second-order valence-electron chi connectivity index (χ2n) is 7.10. The topological polar surface area (TPSA) is 42.0 Å². The van der Waals surface area contributed by atoms with Crippen LogP contribution in [0, 0.1) is 0 Å². The molecule has 0 spiro atoms. The summed E-state index contributed by atoms with van der Waals surface area (Å²) >= 11 is 0. The molecule has 3 rings (SSSR count). The first-order chi connectivity index (χ1) is 12.1. The Morgan fingerprint density at radius 2 is 1.96 bits per heavy atom. The van der Waals surface area contributed by atoms with Crippen molar-refractivity contribution in [3.63, 3.8) is 0 Å². The minimum atomic E-state index is 0.157. The number of rotatable bonds is 5. The summed E-state index contributed by atoms with van der Waals surface area (Å²) in [6.45, 7) is 8.85. The minimum absolute atomic E-state index is 0.157. The highest BCUT2D eigenvalue weighted by molar-refractivity contribution is 5.74.